The van der Waals surface area contributed by atoms with Crippen LogP contribution < -0.4 is 10.2 Å². The Labute approximate surface area is 211 Å². The molecule has 0 atom stereocenters. The maximum Gasteiger partial charge on any atom is 0.275 e. The second-order valence-corrected chi connectivity index (χ2v) is 10.9. The molecule has 0 radical (unpaired) electrons. The Morgan fingerprint density at radius 1 is 1.03 bits per heavy atom. The van der Waals surface area contributed by atoms with E-state index in [0.29, 0.717) is 37.2 Å². The molecule has 3 heterocycles. The molecule has 0 bridgehead atoms. The van der Waals surface area contributed by atoms with E-state index in [1.54, 1.807) is 11.3 Å². The molecule has 2 saturated heterocycles. The van der Waals surface area contributed by atoms with Gasteiger partial charge in [-0.25, -0.2) is 4.98 Å². The van der Waals surface area contributed by atoms with Gasteiger partial charge in [-0.2, -0.15) is 0 Å². The van der Waals surface area contributed by atoms with Gasteiger partial charge in [-0.3, -0.25) is 9.59 Å². The molecular weight excluding hydrogens is 460 g/mol. The summed E-state index contributed by atoms with van der Waals surface area (Å²) < 4.78 is 5.47. The normalized spacial score (nSPS) is 19.8. The molecule has 2 aromatic rings. The number of hydrogen-bond donors (Lipinski definition) is 1. The SMILES string of the molecule is O=C(Nc1ccccc1N1CCOCC1)c1csc(C2CCN(C(=O)CCC3CCCC3)CC2)n1. The second-order valence-electron chi connectivity index (χ2n) is 9.99. The third-order valence-corrected chi connectivity index (χ3v) is 8.70. The first-order valence-corrected chi connectivity index (χ1v) is 14.0. The summed E-state index contributed by atoms with van der Waals surface area (Å²) in [6, 6.07) is 7.91. The molecular formula is C27H36N4O3S. The molecule has 3 aliphatic rings. The summed E-state index contributed by atoms with van der Waals surface area (Å²) in [4.78, 5) is 34.6. The quantitative estimate of drug-likeness (QED) is 0.590. The number of morpholine rings is 1. The molecule has 1 aromatic carbocycles. The number of thiazole rings is 1. The predicted octanol–water partition coefficient (Wildman–Crippen LogP) is 4.91. The number of carbonyl (C=O) groups excluding carboxylic acids is 2. The van der Waals surface area contributed by atoms with Crippen molar-refractivity contribution >= 4 is 34.5 Å². The van der Waals surface area contributed by atoms with Crippen molar-refractivity contribution in [3.05, 3.63) is 40.3 Å². The van der Waals surface area contributed by atoms with Gasteiger partial charge in [0.25, 0.3) is 5.91 Å². The van der Waals surface area contributed by atoms with Gasteiger partial charge >= 0.3 is 0 Å². The standard InChI is InChI=1S/C27H36N4O3S/c32-25(10-9-20-5-1-2-6-20)31-13-11-21(12-14-31)27-29-23(19-35-27)26(33)28-22-7-3-4-8-24(22)30-15-17-34-18-16-30/h3-4,7-8,19-21H,1-2,5-6,9-18H2,(H,28,33). The number of amides is 2. The van der Waals surface area contributed by atoms with Gasteiger partial charge in [-0.15, -0.1) is 11.3 Å². The summed E-state index contributed by atoms with van der Waals surface area (Å²) >= 11 is 1.56. The molecule has 35 heavy (non-hydrogen) atoms. The van der Waals surface area contributed by atoms with Crippen LogP contribution in [-0.4, -0.2) is 61.1 Å². The van der Waals surface area contributed by atoms with E-state index in [0.717, 1.165) is 67.7 Å². The van der Waals surface area contributed by atoms with E-state index in [2.05, 4.69) is 10.2 Å². The van der Waals surface area contributed by atoms with Crippen LogP contribution >= 0.6 is 11.3 Å². The smallest absolute Gasteiger partial charge is 0.275 e. The van der Waals surface area contributed by atoms with Gasteiger partial charge < -0.3 is 19.9 Å². The number of likely N-dealkylation sites (tertiary alicyclic amines) is 1. The van der Waals surface area contributed by atoms with E-state index < -0.39 is 0 Å². The first-order chi connectivity index (χ1) is 17.2. The average Bonchev–Trinajstić information content (AvgIpc) is 3.61. The minimum atomic E-state index is -0.173. The van der Waals surface area contributed by atoms with Crippen molar-refractivity contribution in [2.75, 3.05) is 49.6 Å². The number of nitrogens with zero attached hydrogens (tertiary/aromatic N) is 3. The molecule has 188 valence electrons. The number of para-hydroxylation sites is 2. The first-order valence-electron chi connectivity index (χ1n) is 13.1. The summed E-state index contributed by atoms with van der Waals surface area (Å²) in [6.07, 6.45) is 8.85. The van der Waals surface area contributed by atoms with Crippen molar-refractivity contribution in [3.8, 4) is 0 Å². The second kappa shape index (κ2) is 11.5. The van der Waals surface area contributed by atoms with Gasteiger partial charge in [-0.1, -0.05) is 37.8 Å². The fraction of sp³-hybridized carbons (Fsp3) is 0.593. The van der Waals surface area contributed by atoms with Gasteiger partial charge in [0.1, 0.15) is 5.69 Å². The Kier molecular flexibility index (Phi) is 7.99. The van der Waals surface area contributed by atoms with Gasteiger partial charge in [0.15, 0.2) is 0 Å². The monoisotopic (exact) mass is 496 g/mol. The van der Waals surface area contributed by atoms with Crippen LogP contribution in [0.5, 0.6) is 0 Å². The lowest BCUT2D eigenvalue weighted by molar-refractivity contribution is -0.132. The summed E-state index contributed by atoms with van der Waals surface area (Å²) in [5.41, 5.74) is 2.29. The number of anilines is 2. The number of piperidine rings is 1. The Morgan fingerprint density at radius 3 is 2.54 bits per heavy atom. The van der Waals surface area contributed by atoms with Gasteiger partial charge in [0, 0.05) is 43.9 Å². The molecule has 5 rings (SSSR count). The molecule has 1 aromatic heterocycles. The number of carbonyl (C=O) groups is 2. The number of benzene rings is 1. The predicted molar refractivity (Wildman–Crippen MR) is 139 cm³/mol. The molecule has 0 unspecified atom stereocenters. The van der Waals surface area contributed by atoms with Crippen LogP contribution in [0.1, 0.15) is 72.8 Å². The lowest BCUT2D eigenvalue weighted by Crippen LogP contribution is -2.38. The van der Waals surface area contributed by atoms with Gasteiger partial charge in [0.05, 0.1) is 29.6 Å². The fourth-order valence-electron chi connectivity index (χ4n) is 5.59. The van der Waals surface area contributed by atoms with Crippen LogP contribution in [-0.2, 0) is 9.53 Å². The van der Waals surface area contributed by atoms with Crippen LogP contribution in [0.3, 0.4) is 0 Å². The molecule has 1 saturated carbocycles. The maximum atomic E-state index is 13.0. The zero-order chi connectivity index (χ0) is 24.0. The third-order valence-electron chi connectivity index (χ3n) is 7.70. The van der Waals surface area contributed by atoms with Gasteiger partial charge in [-0.05, 0) is 37.3 Å². The first kappa shape index (κ1) is 24.3. The minimum absolute atomic E-state index is 0.173. The highest BCUT2D eigenvalue weighted by Crippen LogP contribution is 2.33. The summed E-state index contributed by atoms with van der Waals surface area (Å²) in [7, 11) is 0. The highest BCUT2D eigenvalue weighted by Gasteiger charge is 2.27. The number of nitrogens with one attached hydrogen (secondary N) is 1. The maximum absolute atomic E-state index is 13.0. The number of ether oxygens (including phenoxy) is 1. The van der Waals surface area contributed by atoms with E-state index in [4.69, 9.17) is 9.72 Å². The zero-order valence-electron chi connectivity index (χ0n) is 20.4. The van der Waals surface area contributed by atoms with Crippen molar-refractivity contribution in [3.63, 3.8) is 0 Å². The number of rotatable bonds is 7. The Hall–Kier alpha value is -2.45. The topological polar surface area (TPSA) is 74.8 Å². The van der Waals surface area contributed by atoms with E-state index in [-0.39, 0.29) is 5.91 Å². The number of hydrogen-bond acceptors (Lipinski definition) is 6. The molecule has 0 spiro atoms. The van der Waals surface area contributed by atoms with Crippen molar-refractivity contribution in [2.45, 2.75) is 57.3 Å². The Balaban J connectivity index is 1.14. The third kappa shape index (κ3) is 6.04. The van der Waals surface area contributed by atoms with Crippen molar-refractivity contribution < 1.29 is 14.3 Å². The fourth-order valence-corrected chi connectivity index (χ4v) is 6.56. The highest BCUT2D eigenvalue weighted by molar-refractivity contribution is 7.10. The van der Waals surface area contributed by atoms with Crippen LogP contribution in [0.25, 0.3) is 0 Å². The van der Waals surface area contributed by atoms with Crippen molar-refractivity contribution in [1.82, 2.24) is 9.88 Å². The molecule has 8 heteroatoms. The molecule has 1 aliphatic carbocycles. The van der Waals surface area contributed by atoms with E-state index in [9.17, 15) is 9.59 Å². The zero-order valence-corrected chi connectivity index (χ0v) is 21.2. The summed E-state index contributed by atoms with van der Waals surface area (Å²) in [6.45, 7) is 4.61. The lowest BCUT2D eigenvalue weighted by atomic mass is 9.96. The Morgan fingerprint density at radius 2 is 1.77 bits per heavy atom. The largest absolute Gasteiger partial charge is 0.378 e. The van der Waals surface area contributed by atoms with Crippen LogP contribution in [0, 0.1) is 5.92 Å². The summed E-state index contributed by atoms with van der Waals surface area (Å²) in [5, 5.41) is 5.94. The minimum Gasteiger partial charge on any atom is -0.378 e. The van der Waals surface area contributed by atoms with Crippen LogP contribution in [0.2, 0.25) is 0 Å². The Bertz CT molecular complexity index is 1010. The molecule has 3 fully saturated rings. The molecule has 2 aliphatic heterocycles. The average molecular weight is 497 g/mol. The van der Waals surface area contributed by atoms with Crippen LogP contribution in [0.4, 0.5) is 11.4 Å². The molecule has 7 nitrogen and oxygen atoms in total. The molecule has 1 N–H and O–H groups in total. The highest BCUT2D eigenvalue weighted by atomic mass is 32.1. The van der Waals surface area contributed by atoms with Crippen LogP contribution in [0.15, 0.2) is 29.6 Å². The van der Waals surface area contributed by atoms with Gasteiger partial charge in [0.2, 0.25) is 5.91 Å². The summed E-state index contributed by atoms with van der Waals surface area (Å²) in [5.74, 6) is 1.22. The van der Waals surface area contributed by atoms with E-state index >= 15 is 0 Å². The molecule has 2 amide bonds. The number of aromatic nitrogens is 1. The lowest BCUT2D eigenvalue weighted by Gasteiger charge is -2.31. The van der Waals surface area contributed by atoms with Crippen molar-refractivity contribution in [2.24, 2.45) is 5.92 Å². The van der Waals surface area contributed by atoms with Crippen molar-refractivity contribution in [1.29, 1.82) is 0 Å². The van der Waals surface area contributed by atoms with E-state index in [1.807, 2.05) is 34.5 Å². The van der Waals surface area contributed by atoms with E-state index in [1.165, 1.54) is 25.7 Å².